The Hall–Kier alpha value is -3.47. The Labute approximate surface area is 160 Å². The molecule has 0 unspecified atom stereocenters. The summed E-state index contributed by atoms with van der Waals surface area (Å²) in [5, 5.41) is 23.1. The third-order valence-corrected chi connectivity index (χ3v) is 3.70. The van der Waals surface area contributed by atoms with Crippen LogP contribution in [-0.2, 0) is 6.54 Å². The third-order valence-electron chi connectivity index (χ3n) is 3.70. The number of carboxylic acid groups (broad SMARTS) is 1. The molecule has 1 heterocycles. The lowest BCUT2D eigenvalue weighted by atomic mass is 10.1. The van der Waals surface area contributed by atoms with Gasteiger partial charge in [-0.3, -0.25) is 19.7 Å². The summed E-state index contributed by atoms with van der Waals surface area (Å²) in [6, 6.07) is 8.45. The fourth-order valence-corrected chi connectivity index (χ4v) is 2.49. The minimum atomic E-state index is -1.09. The van der Waals surface area contributed by atoms with Crippen LogP contribution in [0.15, 0.2) is 46.0 Å². The van der Waals surface area contributed by atoms with Gasteiger partial charge in [-0.2, -0.15) is 0 Å². The highest BCUT2D eigenvalue weighted by atomic mass is 79.9. The number of H-pyrrole nitrogens is 2. The molecule has 4 N–H and O–H groups in total. The van der Waals surface area contributed by atoms with Crippen molar-refractivity contribution in [1.82, 2.24) is 9.97 Å². The molecule has 10 nitrogen and oxygen atoms in total. The van der Waals surface area contributed by atoms with E-state index in [0.29, 0.717) is 11.3 Å². The van der Waals surface area contributed by atoms with E-state index >= 15 is 0 Å². The molecule has 0 spiro atoms. The predicted octanol–water partition coefficient (Wildman–Crippen LogP) is 2.01. The number of aromatic carboxylic acids is 1. The van der Waals surface area contributed by atoms with Crippen LogP contribution in [0.3, 0.4) is 0 Å². The van der Waals surface area contributed by atoms with Gasteiger partial charge < -0.3 is 20.4 Å². The van der Waals surface area contributed by atoms with Crippen LogP contribution in [0.4, 0.5) is 11.4 Å². The maximum absolute atomic E-state index is 11.6. The van der Waals surface area contributed by atoms with E-state index in [-0.39, 0.29) is 45.8 Å². The van der Waals surface area contributed by atoms with Gasteiger partial charge in [-0.1, -0.05) is 6.07 Å². The summed E-state index contributed by atoms with van der Waals surface area (Å²) in [6.45, 7) is 0.0588. The first kappa shape index (κ1) is 19.8. The first-order chi connectivity index (χ1) is 12.3. The number of rotatable bonds is 5. The van der Waals surface area contributed by atoms with Gasteiger partial charge in [0.1, 0.15) is 0 Å². The average Bonchev–Trinajstić information content (AvgIpc) is 2.60. The van der Waals surface area contributed by atoms with Gasteiger partial charge in [-0.05, 0) is 18.2 Å². The van der Waals surface area contributed by atoms with Crippen LogP contribution in [0.1, 0.15) is 15.9 Å². The number of nitro benzene ring substituents is 1. The molecule has 2 aromatic carbocycles. The molecule has 3 aromatic rings. The molecule has 140 valence electrons. The Morgan fingerprint density at radius 1 is 1.15 bits per heavy atom. The highest BCUT2D eigenvalue weighted by Crippen LogP contribution is 2.22. The average molecular weight is 437 g/mol. The summed E-state index contributed by atoms with van der Waals surface area (Å²) in [6.07, 6.45) is 0. The number of aromatic nitrogens is 2. The molecule has 27 heavy (non-hydrogen) atoms. The Kier molecular flexibility index (Phi) is 5.75. The summed E-state index contributed by atoms with van der Waals surface area (Å²) in [7, 11) is 0. The lowest BCUT2D eigenvalue weighted by Gasteiger charge is -2.10. The highest BCUT2D eigenvalue weighted by molar-refractivity contribution is 8.93. The minimum Gasteiger partial charge on any atom is -0.478 e. The molecule has 0 radical (unpaired) electrons. The van der Waals surface area contributed by atoms with Crippen LogP contribution in [0.5, 0.6) is 0 Å². The smallest absolute Gasteiger partial charge is 0.335 e. The zero-order valence-electron chi connectivity index (χ0n) is 13.5. The van der Waals surface area contributed by atoms with E-state index in [2.05, 4.69) is 15.3 Å². The van der Waals surface area contributed by atoms with Gasteiger partial charge in [-0.25, -0.2) is 4.79 Å². The van der Waals surface area contributed by atoms with Crippen molar-refractivity contribution in [3.63, 3.8) is 0 Å². The number of hydrogen-bond donors (Lipinski definition) is 4. The van der Waals surface area contributed by atoms with E-state index in [1.807, 2.05) is 0 Å². The van der Waals surface area contributed by atoms with Crippen LogP contribution >= 0.6 is 17.0 Å². The van der Waals surface area contributed by atoms with Crippen LogP contribution < -0.4 is 16.4 Å². The lowest BCUT2D eigenvalue weighted by Crippen LogP contribution is -2.29. The number of hydrogen-bond acceptors (Lipinski definition) is 6. The predicted molar refractivity (Wildman–Crippen MR) is 103 cm³/mol. The number of nitrogens with zero attached hydrogens (tertiary/aromatic N) is 1. The van der Waals surface area contributed by atoms with Crippen LogP contribution in [0, 0.1) is 10.1 Å². The number of fused-ring (bicyclic) bond motifs is 1. The van der Waals surface area contributed by atoms with Gasteiger partial charge >= 0.3 is 17.1 Å². The second kappa shape index (κ2) is 7.83. The van der Waals surface area contributed by atoms with Crippen molar-refractivity contribution in [3.8, 4) is 0 Å². The number of aromatic amines is 2. The van der Waals surface area contributed by atoms with E-state index in [1.54, 1.807) is 12.1 Å². The quantitative estimate of drug-likeness (QED) is 0.270. The van der Waals surface area contributed by atoms with Gasteiger partial charge in [0.2, 0.25) is 0 Å². The van der Waals surface area contributed by atoms with E-state index in [0.717, 1.165) is 6.07 Å². The maximum Gasteiger partial charge on any atom is 0.335 e. The SMILES string of the molecule is Br.O=C(O)c1cccc(NCc2cc([N+](=O)[O-])cc3[nH]c(=O)c(=O)[nH]c23)c1. The molecule has 0 aliphatic rings. The Balaban J connectivity index is 0.00000261. The summed E-state index contributed by atoms with van der Waals surface area (Å²) in [5.41, 5.74) is -0.735. The Morgan fingerprint density at radius 2 is 1.85 bits per heavy atom. The molecule has 11 heteroatoms. The zero-order valence-corrected chi connectivity index (χ0v) is 15.2. The number of nitrogens with one attached hydrogen (secondary N) is 3. The lowest BCUT2D eigenvalue weighted by molar-refractivity contribution is -0.384. The number of anilines is 1. The van der Waals surface area contributed by atoms with Crippen molar-refractivity contribution in [2.24, 2.45) is 0 Å². The van der Waals surface area contributed by atoms with Crippen LogP contribution in [0.2, 0.25) is 0 Å². The van der Waals surface area contributed by atoms with Crippen molar-refractivity contribution in [2.75, 3.05) is 5.32 Å². The zero-order chi connectivity index (χ0) is 18.8. The van der Waals surface area contributed by atoms with E-state index in [1.165, 1.54) is 18.2 Å². The molecular formula is C16H13BrN4O6. The Bertz CT molecular complexity index is 1150. The molecule has 0 aliphatic carbocycles. The fraction of sp³-hybridized carbons (Fsp3) is 0.0625. The summed E-state index contributed by atoms with van der Waals surface area (Å²) >= 11 is 0. The molecule has 0 aliphatic heterocycles. The standard InChI is InChI=1S/C16H12N4O6.BrH/c21-14-15(22)19-13-9(5-11(20(25)26)6-12(13)18-14)7-17-10-3-1-2-8(4-10)16(23)24;/h1-6,17H,7H2,(H,18,21)(H,19,22)(H,23,24);1H. The van der Waals surface area contributed by atoms with Crippen molar-refractivity contribution in [3.05, 3.63) is 78.3 Å². The number of carbonyl (C=O) groups is 1. The van der Waals surface area contributed by atoms with Crippen LogP contribution in [0.25, 0.3) is 11.0 Å². The van der Waals surface area contributed by atoms with Crippen molar-refractivity contribution < 1.29 is 14.8 Å². The molecule has 0 bridgehead atoms. The highest BCUT2D eigenvalue weighted by Gasteiger charge is 2.14. The second-order valence-corrected chi connectivity index (χ2v) is 5.43. The van der Waals surface area contributed by atoms with Crippen LogP contribution in [-0.4, -0.2) is 26.0 Å². The van der Waals surface area contributed by atoms with Gasteiger partial charge in [0.25, 0.3) is 5.69 Å². The first-order valence-electron chi connectivity index (χ1n) is 7.36. The van der Waals surface area contributed by atoms with Gasteiger partial charge in [0.15, 0.2) is 0 Å². The van der Waals surface area contributed by atoms with E-state index < -0.39 is 22.0 Å². The van der Waals surface area contributed by atoms with Gasteiger partial charge in [-0.15, -0.1) is 17.0 Å². The first-order valence-corrected chi connectivity index (χ1v) is 7.36. The molecule has 0 saturated carbocycles. The molecule has 1 aromatic heterocycles. The van der Waals surface area contributed by atoms with Crippen molar-refractivity contribution in [2.45, 2.75) is 6.54 Å². The molecule has 0 fully saturated rings. The third kappa shape index (κ3) is 4.20. The number of carboxylic acids is 1. The number of benzene rings is 2. The summed E-state index contributed by atoms with van der Waals surface area (Å²) in [4.78, 5) is 49.3. The molecule has 0 atom stereocenters. The Morgan fingerprint density at radius 3 is 2.52 bits per heavy atom. The van der Waals surface area contributed by atoms with Gasteiger partial charge in [0, 0.05) is 29.9 Å². The minimum absolute atomic E-state index is 0. The van der Waals surface area contributed by atoms with E-state index in [4.69, 9.17) is 5.11 Å². The molecular weight excluding hydrogens is 424 g/mol. The fourth-order valence-electron chi connectivity index (χ4n) is 2.49. The second-order valence-electron chi connectivity index (χ2n) is 5.43. The topological polar surface area (TPSA) is 158 Å². The molecule has 3 rings (SSSR count). The largest absolute Gasteiger partial charge is 0.478 e. The van der Waals surface area contributed by atoms with Gasteiger partial charge in [0.05, 0.1) is 21.5 Å². The number of halogens is 1. The van der Waals surface area contributed by atoms with Crippen molar-refractivity contribution in [1.29, 1.82) is 0 Å². The number of nitro groups is 1. The van der Waals surface area contributed by atoms with Crippen molar-refractivity contribution >= 4 is 45.4 Å². The summed E-state index contributed by atoms with van der Waals surface area (Å²) < 4.78 is 0. The maximum atomic E-state index is 11.6. The molecule has 0 saturated heterocycles. The normalized spacial score (nSPS) is 10.2. The monoisotopic (exact) mass is 436 g/mol. The molecule has 0 amide bonds. The van der Waals surface area contributed by atoms with E-state index in [9.17, 15) is 24.5 Å². The number of non-ortho nitro benzene ring substituents is 1. The summed E-state index contributed by atoms with van der Waals surface area (Å²) in [5.74, 6) is -1.09.